The van der Waals surface area contributed by atoms with E-state index in [1.54, 1.807) is 17.0 Å². The molecule has 1 atom stereocenters. The van der Waals surface area contributed by atoms with Crippen LogP contribution in [0.1, 0.15) is 36.6 Å². The van der Waals surface area contributed by atoms with E-state index >= 15 is 0 Å². The van der Waals surface area contributed by atoms with Gasteiger partial charge in [0.25, 0.3) is 0 Å². The molecule has 200 valence electrons. The van der Waals surface area contributed by atoms with E-state index in [0.717, 1.165) is 38.9 Å². The largest absolute Gasteiger partial charge is 0.337 e. The molecule has 1 N–H and O–H groups in total. The quantitative estimate of drug-likeness (QED) is 0.247. The van der Waals surface area contributed by atoms with Gasteiger partial charge < -0.3 is 9.88 Å². The number of hydrogen-bond acceptors (Lipinski definition) is 5. The molecule has 6 rings (SSSR count). The molecule has 0 aliphatic rings. The highest BCUT2D eigenvalue weighted by Crippen LogP contribution is 2.40. The van der Waals surface area contributed by atoms with Gasteiger partial charge in [-0.05, 0) is 81.6 Å². The van der Waals surface area contributed by atoms with Crippen LogP contribution in [0.4, 0.5) is 0 Å². The summed E-state index contributed by atoms with van der Waals surface area (Å²) in [5, 5.41) is 17.8. The van der Waals surface area contributed by atoms with Crippen molar-refractivity contribution in [2.75, 3.05) is 0 Å². The number of fused-ring (bicyclic) bond motifs is 3. The highest BCUT2D eigenvalue weighted by atomic mass is 35.5. The molecule has 6 aromatic rings. The number of imidazole rings is 1. The zero-order valence-corrected chi connectivity index (χ0v) is 23.4. The van der Waals surface area contributed by atoms with Gasteiger partial charge in [0.05, 0.1) is 23.7 Å². The number of halogens is 2. The number of aromatic nitrogens is 6. The Morgan fingerprint density at radius 2 is 1.77 bits per heavy atom. The van der Waals surface area contributed by atoms with E-state index in [0.29, 0.717) is 28.5 Å². The van der Waals surface area contributed by atoms with Crippen LogP contribution in [0.15, 0.2) is 85.3 Å². The fourth-order valence-electron chi connectivity index (χ4n) is 5.31. The molecular weight excluding hydrogens is 545 g/mol. The Kier molecular flexibility index (Phi) is 6.73. The minimum atomic E-state index is -1.07. The average Bonchev–Trinajstić information content (AvgIpc) is 3.61. The van der Waals surface area contributed by atoms with Gasteiger partial charge in [0.1, 0.15) is 5.54 Å². The Morgan fingerprint density at radius 3 is 2.50 bits per heavy atom. The predicted octanol–water partition coefficient (Wildman–Crippen LogP) is 6.19. The normalized spacial score (nSPS) is 13.0. The van der Waals surface area contributed by atoms with Crippen molar-refractivity contribution in [2.45, 2.75) is 25.3 Å². The summed E-state index contributed by atoms with van der Waals surface area (Å²) in [7, 11) is 1.92. The van der Waals surface area contributed by atoms with Crippen LogP contribution in [0, 0.1) is 0 Å². The van der Waals surface area contributed by atoms with E-state index in [9.17, 15) is 4.79 Å². The second-order valence-electron chi connectivity index (χ2n) is 9.69. The second-order valence-corrected chi connectivity index (χ2v) is 10.6. The average molecular weight is 570 g/mol. The summed E-state index contributed by atoms with van der Waals surface area (Å²) in [6, 6.07) is 23.2. The molecule has 40 heavy (non-hydrogen) atoms. The van der Waals surface area contributed by atoms with Gasteiger partial charge in [-0.1, -0.05) is 60.5 Å². The van der Waals surface area contributed by atoms with Crippen LogP contribution in [-0.2, 0) is 17.4 Å². The third-order valence-corrected chi connectivity index (χ3v) is 7.62. The first-order valence-corrected chi connectivity index (χ1v) is 13.6. The molecule has 3 aromatic carbocycles. The molecule has 0 bridgehead atoms. The smallest absolute Gasteiger partial charge is 0.221 e. The van der Waals surface area contributed by atoms with Gasteiger partial charge in [-0.15, -0.1) is 5.10 Å². The summed E-state index contributed by atoms with van der Waals surface area (Å²) in [6.07, 6.45) is 4.60. The number of rotatable bonds is 7. The van der Waals surface area contributed by atoms with Crippen molar-refractivity contribution >= 4 is 45.7 Å². The number of aryl methyl sites for hydroxylation is 1. The van der Waals surface area contributed by atoms with Gasteiger partial charge in [0.15, 0.2) is 5.65 Å². The summed E-state index contributed by atoms with van der Waals surface area (Å²) < 4.78 is 3.63. The molecule has 0 fully saturated rings. The zero-order chi connectivity index (χ0) is 27.9. The topological polar surface area (TPSA) is 90.0 Å². The highest BCUT2D eigenvalue weighted by molar-refractivity contribution is 6.31. The number of nitrogens with one attached hydrogen (secondary N) is 1. The van der Waals surface area contributed by atoms with E-state index < -0.39 is 5.54 Å². The first kappa shape index (κ1) is 26.0. The van der Waals surface area contributed by atoms with Crippen LogP contribution in [0.5, 0.6) is 0 Å². The standard InChI is InChI=1S/C30H25Cl2N7O/c1-3-5-29(40)34-30(27-17-33-18-38(27)2,20-8-11-22(31)12-9-20)21-10-13-26-25(15-21)24(16-28-35-36-37-39(26)28)19-6-4-7-23(32)14-19/h4,6-18H,3,5H2,1-2H3,(H,34,40). The minimum absolute atomic E-state index is 0.0789. The minimum Gasteiger partial charge on any atom is -0.337 e. The third-order valence-electron chi connectivity index (χ3n) is 7.13. The molecule has 3 aromatic heterocycles. The molecule has 8 nitrogen and oxygen atoms in total. The Labute approximate surface area is 240 Å². The van der Waals surface area contributed by atoms with Gasteiger partial charge in [0.2, 0.25) is 5.91 Å². The van der Waals surface area contributed by atoms with Crippen LogP contribution >= 0.6 is 23.2 Å². The van der Waals surface area contributed by atoms with Gasteiger partial charge in [-0.2, -0.15) is 4.52 Å². The molecule has 0 radical (unpaired) electrons. The van der Waals surface area contributed by atoms with E-state index in [-0.39, 0.29) is 5.91 Å². The molecular formula is C30H25Cl2N7O. The first-order valence-electron chi connectivity index (χ1n) is 12.9. The summed E-state index contributed by atoms with van der Waals surface area (Å²) in [6.45, 7) is 1.98. The predicted molar refractivity (Wildman–Crippen MR) is 156 cm³/mol. The molecule has 1 amide bonds. The lowest BCUT2D eigenvalue weighted by Crippen LogP contribution is -2.48. The number of nitrogens with zero attached hydrogens (tertiary/aromatic N) is 6. The van der Waals surface area contributed by atoms with E-state index in [4.69, 9.17) is 23.2 Å². The molecule has 0 saturated carbocycles. The number of pyridine rings is 1. The van der Waals surface area contributed by atoms with Crippen molar-refractivity contribution in [1.82, 2.24) is 34.9 Å². The number of benzene rings is 3. The maximum atomic E-state index is 13.4. The molecule has 1 unspecified atom stereocenters. The van der Waals surface area contributed by atoms with Gasteiger partial charge in [0, 0.05) is 28.9 Å². The molecule has 3 heterocycles. The molecule has 0 aliphatic heterocycles. The summed E-state index contributed by atoms with van der Waals surface area (Å²) >= 11 is 12.7. The summed E-state index contributed by atoms with van der Waals surface area (Å²) in [5.41, 5.74) is 4.68. The van der Waals surface area contributed by atoms with Gasteiger partial charge >= 0.3 is 0 Å². The molecule has 10 heteroatoms. The van der Waals surface area contributed by atoms with Crippen LogP contribution in [0.3, 0.4) is 0 Å². The van der Waals surface area contributed by atoms with Crippen molar-refractivity contribution in [3.63, 3.8) is 0 Å². The lowest BCUT2D eigenvalue weighted by Gasteiger charge is -2.36. The zero-order valence-electron chi connectivity index (χ0n) is 21.8. The van der Waals surface area contributed by atoms with E-state index in [2.05, 4.69) is 31.9 Å². The Hall–Kier alpha value is -4.27. The lowest BCUT2D eigenvalue weighted by atomic mass is 9.79. The number of carbonyl (C=O) groups excluding carboxylic acids is 1. The maximum absolute atomic E-state index is 13.4. The fourth-order valence-corrected chi connectivity index (χ4v) is 5.63. The van der Waals surface area contributed by atoms with Crippen molar-refractivity contribution in [3.8, 4) is 11.1 Å². The lowest BCUT2D eigenvalue weighted by molar-refractivity contribution is -0.122. The summed E-state index contributed by atoms with van der Waals surface area (Å²) in [5.74, 6) is -0.0789. The number of tetrazole rings is 1. The number of amides is 1. The van der Waals surface area contributed by atoms with E-state index in [1.807, 2.05) is 85.3 Å². The Balaban J connectivity index is 1.71. The van der Waals surface area contributed by atoms with Crippen LogP contribution in [0.25, 0.3) is 27.7 Å². The summed E-state index contributed by atoms with van der Waals surface area (Å²) in [4.78, 5) is 17.8. The monoisotopic (exact) mass is 569 g/mol. The van der Waals surface area contributed by atoms with Crippen LogP contribution in [0.2, 0.25) is 10.0 Å². The van der Waals surface area contributed by atoms with Crippen molar-refractivity contribution in [1.29, 1.82) is 0 Å². The number of hydrogen-bond donors (Lipinski definition) is 1. The first-order chi connectivity index (χ1) is 19.4. The Bertz CT molecular complexity index is 1860. The van der Waals surface area contributed by atoms with Crippen LogP contribution in [-0.4, -0.2) is 35.5 Å². The van der Waals surface area contributed by atoms with Crippen molar-refractivity contribution in [3.05, 3.63) is 112 Å². The fraction of sp³-hybridized carbons (Fsp3) is 0.167. The highest BCUT2D eigenvalue weighted by Gasteiger charge is 2.40. The molecule has 0 saturated heterocycles. The maximum Gasteiger partial charge on any atom is 0.221 e. The van der Waals surface area contributed by atoms with Crippen molar-refractivity contribution < 1.29 is 4.79 Å². The number of carbonyl (C=O) groups is 1. The molecule has 0 spiro atoms. The molecule has 0 aliphatic carbocycles. The second kappa shape index (κ2) is 10.4. The van der Waals surface area contributed by atoms with Crippen LogP contribution < -0.4 is 5.32 Å². The van der Waals surface area contributed by atoms with Crippen molar-refractivity contribution in [2.24, 2.45) is 7.05 Å². The van der Waals surface area contributed by atoms with Gasteiger partial charge in [-0.25, -0.2) is 4.98 Å². The Morgan fingerprint density at radius 1 is 0.975 bits per heavy atom. The van der Waals surface area contributed by atoms with Gasteiger partial charge in [-0.3, -0.25) is 4.79 Å². The van der Waals surface area contributed by atoms with E-state index in [1.165, 1.54) is 0 Å². The third kappa shape index (κ3) is 4.39. The SMILES string of the molecule is CCCC(=O)NC(c1ccc(Cl)cc1)(c1ccc2c(c1)c(-c1cccc(Cl)c1)cc1nnnn12)c1cncn1C.